The van der Waals surface area contributed by atoms with Crippen molar-refractivity contribution >= 4 is 30.9 Å². The van der Waals surface area contributed by atoms with Crippen molar-refractivity contribution in [3.05, 3.63) is 0 Å². The zero-order chi connectivity index (χ0) is 4.50. The molecule has 0 aliphatic heterocycles. The Morgan fingerprint density at radius 1 is 1.00 bits per heavy atom. The van der Waals surface area contributed by atoms with Crippen LogP contribution in [0.25, 0.3) is 0 Å². The summed E-state index contributed by atoms with van der Waals surface area (Å²) in [5, 5.41) is 0. The molecular weight excluding hydrogens is 163 g/mol. The normalized spacial score (nSPS) is 6.56. The topological polar surface area (TPSA) is 179 Å². The van der Waals surface area contributed by atoms with Crippen LogP contribution in [-0.4, -0.2) is 43.2 Å². The van der Waals surface area contributed by atoms with Gasteiger partial charge in [0, 0.05) is 0 Å². The fourth-order valence-corrected chi connectivity index (χ4v) is 0. The highest BCUT2D eigenvalue weighted by molar-refractivity contribution is 7.45. The molecule has 0 amide bonds. The van der Waals surface area contributed by atoms with E-state index in [-0.39, 0.29) is 40.8 Å². The Labute approximate surface area is 68.3 Å². The van der Waals surface area contributed by atoms with Crippen molar-refractivity contribution in [1.29, 1.82) is 0 Å². The minimum atomic E-state index is -4.64. The first kappa shape index (κ1) is 33.1. The van der Waals surface area contributed by atoms with Crippen LogP contribution in [0.3, 0.4) is 0 Å². The molecule has 0 radical (unpaired) electrons. The van der Waals surface area contributed by atoms with Gasteiger partial charge in [-0.1, -0.05) is 0 Å². The molecular formula is H13MgN2O5P. The second-order valence-electron chi connectivity index (χ2n) is 0.513. The summed E-state index contributed by atoms with van der Waals surface area (Å²) in [6.45, 7) is 0. The first-order chi connectivity index (χ1) is 2.00. The minimum Gasteiger partial charge on any atom is -0.412 e. The van der Waals surface area contributed by atoms with Crippen LogP contribution < -0.4 is 12.3 Å². The van der Waals surface area contributed by atoms with Gasteiger partial charge in [0.05, 0.1) is 0 Å². The lowest BCUT2D eigenvalue weighted by molar-refractivity contribution is 0.275. The quantitative estimate of drug-likeness (QED) is 0.203. The molecule has 0 rings (SSSR count). The van der Waals surface area contributed by atoms with Gasteiger partial charge in [-0.3, -0.25) is 0 Å². The van der Waals surface area contributed by atoms with E-state index < -0.39 is 7.82 Å². The Bertz CT molecular complexity index is 61.1. The molecule has 0 saturated carbocycles. The third-order valence-corrected chi connectivity index (χ3v) is 0. The molecule has 0 unspecified atom stereocenters. The molecule has 0 spiro atoms. The van der Waals surface area contributed by atoms with E-state index in [1.165, 1.54) is 0 Å². The van der Waals surface area contributed by atoms with Crippen molar-refractivity contribution in [2.75, 3.05) is 0 Å². The lowest BCUT2D eigenvalue weighted by Gasteiger charge is -1.82. The van der Waals surface area contributed by atoms with Gasteiger partial charge in [0.1, 0.15) is 0 Å². The molecule has 0 aromatic heterocycles. The van der Waals surface area contributed by atoms with Crippen LogP contribution in [-0.2, 0) is 4.57 Å². The van der Waals surface area contributed by atoms with E-state index in [2.05, 4.69) is 0 Å². The van der Waals surface area contributed by atoms with Crippen molar-refractivity contribution in [3.8, 4) is 0 Å². The summed E-state index contributed by atoms with van der Waals surface area (Å²) in [6.07, 6.45) is 0. The Balaban J connectivity index is -0.0000000133. The smallest absolute Gasteiger partial charge is 0.412 e. The van der Waals surface area contributed by atoms with Gasteiger partial charge in [-0.15, -0.1) is 0 Å². The second-order valence-corrected chi connectivity index (χ2v) is 1.54. The van der Waals surface area contributed by atoms with Crippen molar-refractivity contribution in [1.82, 2.24) is 12.3 Å². The van der Waals surface area contributed by atoms with Gasteiger partial charge in [0.2, 0.25) is 0 Å². The molecule has 0 aromatic rings. The van der Waals surface area contributed by atoms with Crippen LogP contribution in [0.5, 0.6) is 0 Å². The Morgan fingerprint density at radius 3 is 1.00 bits per heavy atom. The fraction of sp³-hybridized carbons (Fsp3) is 0. The third kappa shape index (κ3) is 699. The summed E-state index contributed by atoms with van der Waals surface area (Å²) >= 11 is 0. The zero-order valence-corrected chi connectivity index (χ0v) is 5.01. The molecule has 0 aromatic carbocycles. The molecule has 11 N–H and O–H groups in total. The highest BCUT2D eigenvalue weighted by atomic mass is 31.2. The second kappa shape index (κ2) is 11.5. The van der Waals surface area contributed by atoms with Crippen LogP contribution >= 0.6 is 7.82 Å². The first-order valence-corrected chi connectivity index (χ1v) is 2.35. The summed E-state index contributed by atoms with van der Waals surface area (Å²) in [7, 11) is -4.64. The van der Waals surface area contributed by atoms with E-state index >= 15 is 0 Å². The monoisotopic (exact) mass is 176 g/mol. The predicted octanol–water partition coefficient (Wildman–Crippen LogP) is -2.35. The van der Waals surface area contributed by atoms with Gasteiger partial charge in [0.15, 0.2) is 0 Å². The molecule has 0 bridgehead atoms. The van der Waals surface area contributed by atoms with E-state index in [0.717, 1.165) is 0 Å². The van der Waals surface area contributed by atoms with Crippen molar-refractivity contribution in [2.45, 2.75) is 0 Å². The minimum absolute atomic E-state index is 0. The van der Waals surface area contributed by atoms with Crippen molar-refractivity contribution < 1.29 is 24.7 Å². The van der Waals surface area contributed by atoms with Crippen LogP contribution in [0.2, 0.25) is 0 Å². The lowest BCUT2D eigenvalue weighted by Crippen LogP contribution is -1.66. The molecule has 9 heteroatoms. The fourth-order valence-electron chi connectivity index (χ4n) is 0. The van der Waals surface area contributed by atoms with Gasteiger partial charge in [-0.2, -0.15) is 0 Å². The van der Waals surface area contributed by atoms with Gasteiger partial charge < -0.3 is 32.5 Å². The zero-order valence-electron chi connectivity index (χ0n) is 4.11. The standard InChI is InChI=1S/Mg.2H3N.H3O4P.H2O.2H/c;;;1-5(2,3)4;;;/h;2*1H3;(H3,1,2,3,4);1H2;;. The maximum atomic E-state index is 8.88. The summed E-state index contributed by atoms with van der Waals surface area (Å²) in [6, 6.07) is 0. The van der Waals surface area contributed by atoms with Crippen LogP contribution in [0.15, 0.2) is 0 Å². The van der Waals surface area contributed by atoms with Gasteiger partial charge in [0.25, 0.3) is 0 Å². The molecule has 0 aliphatic rings. The van der Waals surface area contributed by atoms with E-state index in [4.69, 9.17) is 19.2 Å². The summed E-state index contributed by atoms with van der Waals surface area (Å²) < 4.78 is 8.88. The van der Waals surface area contributed by atoms with E-state index in [0.29, 0.717) is 0 Å². The highest BCUT2D eigenvalue weighted by Crippen LogP contribution is 2.25. The van der Waals surface area contributed by atoms with Crippen molar-refractivity contribution in [2.24, 2.45) is 0 Å². The molecule has 7 nitrogen and oxygen atoms in total. The highest BCUT2D eigenvalue weighted by Gasteiger charge is 2.00. The molecule has 0 saturated heterocycles. The summed E-state index contributed by atoms with van der Waals surface area (Å²) in [5.41, 5.74) is 0. The van der Waals surface area contributed by atoms with Crippen molar-refractivity contribution in [3.63, 3.8) is 0 Å². The lowest BCUT2D eigenvalue weighted by atomic mass is 14.0. The molecule has 9 heavy (non-hydrogen) atoms. The maximum Gasteiger partial charge on any atom is 0.466 e. The van der Waals surface area contributed by atoms with Crippen LogP contribution in [0.4, 0.5) is 0 Å². The van der Waals surface area contributed by atoms with Gasteiger partial charge in [-0.25, -0.2) is 4.57 Å². The van der Waals surface area contributed by atoms with Crippen LogP contribution in [0.1, 0.15) is 0 Å². The number of rotatable bonds is 0. The van der Waals surface area contributed by atoms with Gasteiger partial charge >= 0.3 is 30.9 Å². The Kier molecular flexibility index (Phi) is 42.4. The number of phosphoric acid groups is 1. The van der Waals surface area contributed by atoms with E-state index in [9.17, 15) is 0 Å². The molecule has 0 aliphatic carbocycles. The first-order valence-electron chi connectivity index (χ1n) is 0.783. The maximum absolute atomic E-state index is 8.88. The number of hydrogen-bond donors (Lipinski definition) is 5. The predicted molar refractivity (Wildman–Crippen MR) is 36.5 cm³/mol. The van der Waals surface area contributed by atoms with Gasteiger partial charge in [-0.05, 0) is 0 Å². The summed E-state index contributed by atoms with van der Waals surface area (Å²) in [5.74, 6) is 0. The molecule has 0 atom stereocenters. The number of hydrogen-bond acceptors (Lipinski definition) is 3. The molecule has 0 fully saturated rings. The average molecular weight is 176 g/mol. The largest absolute Gasteiger partial charge is 0.466 e. The van der Waals surface area contributed by atoms with Crippen LogP contribution in [0, 0.1) is 0 Å². The SMILES string of the molecule is N.N.O.O=P(O)(O)O.[MgH2]. The van der Waals surface area contributed by atoms with E-state index in [1.807, 2.05) is 0 Å². The average Bonchev–Trinajstić information content (AvgIpc) is 0.722. The summed E-state index contributed by atoms with van der Waals surface area (Å²) in [4.78, 5) is 21.6. The Morgan fingerprint density at radius 2 is 1.00 bits per heavy atom. The third-order valence-electron chi connectivity index (χ3n) is 0. The molecule has 0 heterocycles. The molecule has 60 valence electrons. The van der Waals surface area contributed by atoms with E-state index in [1.54, 1.807) is 0 Å². The Hall–Kier alpha value is 0.756.